The monoisotopic (exact) mass is 393 g/mol. The molecule has 3 heterocycles. The Hall–Kier alpha value is -2.81. The summed E-state index contributed by atoms with van der Waals surface area (Å²) in [5, 5.41) is -0.000261. The van der Waals surface area contributed by atoms with Crippen molar-refractivity contribution in [2.75, 3.05) is 57.5 Å². The Balaban J connectivity index is 1.80. The number of aromatic nitrogens is 2. The van der Waals surface area contributed by atoms with E-state index in [0.29, 0.717) is 19.4 Å². The molecule has 0 aliphatic carbocycles. The zero-order valence-electron chi connectivity index (χ0n) is 21.6. The highest BCUT2D eigenvalue weighted by atomic mass is 16.5. The smallest absolute Gasteiger partial charge is 0.251 e. The Kier molecular flexibility index (Phi) is 3.45. The van der Waals surface area contributed by atoms with E-state index in [1.165, 1.54) is 14.2 Å². The summed E-state index contributed by atoms with van der Waals surface area (Å²) >= 11 is 0. The molecule has 0 spiro atoms. The number of anilines is 2. The highest BCUT2D eigenvalue weighted by molar-refractivity contribution is 5.91. The Morgan fingerprint density at radius 3 is 2.64 bits per heavy atom. The fourth-order valence-corrected chi connectivity index (χ4v) is 3.10. The van der Waals surface area contributed by atoms with Gasteiger partial charge in [-0.25, -0.2) is 4.98 Å². The molecule has 1 atom stereocenters. The maximum absolute atomic E-state index is 12.8. The van der Waals surface area contributed by atoms with Crippen molar-refractivity contribution in [3.05, 3.63) is 12.1 Å². The van der Waals surface area contributed by atoms with Crippen molar-refractivity contribution >= 4 is 28.6 Å². The van der Waals surface area contributed by atoms with Gasteiger partial charge < -0.3 is 29.7 Å². The standard InChI is InChI=1S/C19H25N5O4/c1-26-15-10-12-13(11-16(15)27-2)21-19(22-17(12)20)24-7-5-23(6-8-24)18(25)14-4-3-9-28-14/h10-11,14H,3-9H2,1-2H3,(H2,20,21,22)/i7D2,8D2,10D,11D. The lowest BCUT2D eigenvalue weighted by Gasteiger charge is -2.35. The number of carbonyl (C=O) groups is 1. The molecule has 1 aromatic carbocycles. The van der Waals surface area contributed by atoms with Gasteiger partial charge in [0.2, 0.25) is 5.95 Å². The van der Waals surface area contributed by atoms with E-state index in [-0.39, 0.29) is 40.3 Å². The number of nitrogens with zero attached hydrogens (tertiary/aromatic N) is 4. The minimum absolute atomic E-state index is 0.000261. The van der Waals surface area contributed by atoms with Gasteiger partial charge in [0.1, 0.15) is 11.9 Å². The summed E-state index contributed by atoms with van der Waals surface area (Å²) in [7, 11) is 2.61. The second-order valence-electron chi connectivity index (χ2n) is 6.30. The molecule has 9 nitrogen and oxygen atoms in total. The van der Waals surface area contributed by atoms with Gasteiger partial charge in [-0.2, -0.15) is 4.98 Å². The molecular formula is C19H25N5O4. The van der Waals surface area contributed by atoms with E-state index in [2.05, 4.69) is 9.97 Å². The van der Waals surface area contributed by atoms with Crippen LogP contribution >= 0.6 is 0 Å². The van der Waals surface area contributed by atoms with Crippen LogP contribution in [0.3, 0.4) is 0 Å². The molecule has 9 heteroatoms. The molecule has 2 aliphatic rings. The largest absolute Gasteiger partial charge is 0.493 e. The van der Waals surface area contributed by atoms with Crippen LogP contribution in [-0.4, -0.2) is 73.8 Å². The topological polar surface area (TPSA) is 103 Å². The number of piperazine rings is 1. The lowest BCUT2D eigenvalue weighted by molar-refractivity contribution is -0.141. The van der Waals surface area contributed by atoms with Crippen LogP contribution in [0.1, 0.15) is 21.1 Å². The fourth-order valence-electron chi connectivity index (χ4n) is 3.10. The number of amides is 1. The maximum atomic E-state index is 12.8. The summed E-state index contributed by atoms with van der Waals surface area (Å²) < 4.78 is 66.8. The van der Waals surface area contributed by atoms with Crippen LogP contribution < -0.4 is 20.1 Å². The van der Waals surface area contributed by atoms with E-state index in [0.717, 1.165) is 9.80 Å². The number of ether oxygens (including phenoxy) is 3. The van der Waals surface area contributed by atoms with Gasteiger partial charge in [0.25, 0.3) is 5.91 Å². The van der Waals surface area contributed by atoms with Gasteiger partial charge in [0, 0.05) is 44.1 Å². The molecule has 2 aliphatic heterocycles. The molecule has 2 saturated heterocycles. The SMILES string of the molecule is [2H]c1c(OC)c(OC)c([2H])c2c(N)nc(N3C([2H])([2H])CN(C(=O)C4CCCO4)CC3([2H])[2H])nc12. The molecule has 0 saturated carbocycles. The van der Waals surface area contributed by atoms with Crippen LogP contribution in [0, 0.1) is 0 Å². The third kappa shape index (κ3) is 3.37. The van der Waals surface area contributed by atoms with E-state index in [1.807, 2.05) is 0 Å². The summed E-state index contributed by atoms with van der Waals surface area (Å²) in [4.78, 5) is 22.9. The Bertz CT molecular complexity index is 1130. The molecule has 4 rings (SSSR count). The zero-order chi connectivity index (χ0) is 25.0. The van der Waals surface area contributed by atoms with Gasteiger partial charge in [-0.3, -0.25) is 4.79 Å². The maximum Gasteiger partial charge on any atom is 0.251 e. The lowest BCUT2D eigenvalue weighted by atomic mass is 10.2. The van der Waals surface area contributed by atoms with E-state index in [4.69, 9.17) is 28.2 Å². The van der Waals surface area contributed by atoms with Gasteiger partial charge in [-0.1, -0.05) is 0 Å². The summed E-state index contributed by atoms with van der Waals surface area (Å²) in [5.74, 6) is -1.22. The average molecular weight is 393 g/mol. The van der Waals surface area contributed by atoms with Crippen LogP contribution in [0.5, 0.6) is 11.5 Å². The molecule has 2 aromatic rings. The number of benzene rings is 1. The average Bonchev–Trinajstić information content (AvgIpc) is 3.28. The number of nitrogens with two attached hydrogens (primary N) is 1. The Morgan fingerprint density at radius 2 is 2.00 bits per heavy atom. The number of fused-ring (bicyclic) bond motifs is 1. The first-order valence-electron chi connectivity index (χ1n) is 11.8. The van der Waals surface area contributed by atoms with Crippen LogP contribution in [0.15, 0.2) is 12.1 Å². The Labute approximate surface area is 171 Å². The normalized spacial score (nSPS) is 26.6. The first kappa shape index (κ1) is 12.6. The van der Waals surface area contributed by atoms with Gasteiger partial charge >= 0.3 is 0 Å². The summed E-state index contributed by atoms with van der Waals surface area (Å²) in [5.41, 5.74) is 5.96. The van der Waals surface area contributed by atoms with Crippen LogP contribution in [0.25, 0.3) is 10.9 Å². The highest BCUT2D eigenvalue weighted by Crippen LogP contribution is 2.34. The molecule has 0 radical (unpaired) electrons. The number of hydrogen-bond acceptors (Lipinski definition) is 8. The lowest BCUT2D eigenvalue weighted by Crippen LogP contribution is -2.51. The van der Waals surface area contributed by atoms with Crippen molar-refractivity contribution in [3.63, 3.8) is 0 Å². The second kappa shape index (κ2) is 7.67. The molecular weight excluding hydrogens is 362 g/mol. The van der Waals surface area contributed by atoms with Crippen LogP contribution in [0.2, 0.25) is 0 Å². The predicted molar refractivity (Wildman–Crippen MR) is 105 cm³/mol. The minimum Gasteiger partial charge on any atom is -0.493 e. The molecule has 1 unspecified atom stereocenters. The number of hydrogen-bond donors (Lipinski definition) is 1. The first-order valence-corrected chi connectivity index (χ1v) is 8.82. The van der Waals surface area contributed by atoms with Crippen LogP contribution in [-0.2, 0) is 9.53 Å². The highest BCUT2D eigenvalue weighted by Gasteiger charge is 2.31. The van der Waals surface area contributed by atoms with E-state index >= 15 is 0 Å². The van der Waals surface area contributed by atoms with Crippen LogP contribution in [0.4, 0.5) is 11.8 Å². The summed E-state index contributed by atoms with van der Waals surface area (Å²) in [6.07, 6.45) is 0.499. The Morgan fingerprint density at radius 1 is 1.29 bits per heavy atom. The quantitative estimate of drug-likeness (QED) is 0.822. The summed E-state index contributed by atoms with van der Waals surface area (Å²) in [6.45, 7) is -5.30. The predicted octanol–water partition coefficient (Wildman–Crippen LogP) is 1.06. The third-order valence-corrected chi connectivity index (χ3v) is 4.57. The van der Waals surface area contributed by atoms with Gasteiger partial charge in [-0.15, -0.1) is 0 Å². The van der Waals surface area contributed by atoms with Crippen molar-refractivity contribution < 1.29 is 27.2 Å². The number of nitrogen functional groups attached to an aromatic ring is 1. The number of rotatable bonds is 4. The van der Waals surface area contributed by atoms with Gasteiger partial charge in [0.15, 0.2) is 11.5 Å². The molecule has 2 fully saturated rings. The van der Waals surface area contributed by atoms with Gasteiger partial charge in [0.05, 0.1) is 28.0 Å². The van der Waals surface area contributed by atoms with Crippen molar-refractivity contribution in [2.45, 2.75) is 18.9 Å². The summed E-state index contributed by atoms with van der Waals surface area (Å²) in [6, 6.07) is -0.485. The number of carbonyl (C=O) groups excluding carboxylic acids is 1. The molecule has 0 bridgehead atoms. The molecule has 2 N–H and O–H groups in total. The first-order chi connectivity index (χ1) is 15.9. The zero-order valence-corrected chi connectivity index (χ0v) is 15.6. The molecule has 28 heavy (non-hydrogen) atoms. The van der Waals surface area contributed by atoms with Crippen molar-refractivity contribution in [1.29, 1.82) is 0 Å². The molecule has 1 aromatic heterocycles. The van der Waals surface area contributed by atoms with E-state index in [1.54, 1.807) is 0 Å². The fraction of sp³-hybridized carbons (Fsp3) is 0.526. The minimum atomic E-state index is -2.42. The third-order valence-electron chi connectivity index (χ3n) is 4.57. The molecule has 150 valence electrons. The second-order valence-corrected chi connectivity index (χ2v) is 6.30. The van der Waals surface area contributed by atoms with Crippen molar-refractivity contribution in [3.8, 4) is 11.5 Å². The van der Waals surface area contributed by atoms with E-state index < -0.39 is 44.0 Å². The van der Waals surface area contributed by atoms with Gasteiger partial charge in [-0.05, 0) is 18.9 Å². The molecule has 1 amide bonds. The van der Waals surface area contributed by atoms with E-state index in [9.17, 15) is 4.79 Å². The number of methoxy groups -OCH3 is 2. The van der Waals surface area contributed by atoms with Crippen molar-refractivity contribution in [2.24, 2.45) is 0 Å². The van der Waals surface area contributed by atoms with Crippen molar-refractivity contribution in [1.82, 2.24) is 14.9 Å².